The number of nitrogens with zero attached hydrogens (tertiary/aromatic N) is 5. The summed E-state index contributed by atoms with van der Waals surface area (Å²) in [5.74, 6) is 1.82. The Morgan fingerprint density at radius 3 is 2.77 bits per heavy atom. The van der Waals surface area contributed by atoms with Gasteiger partial charge in [-0.25, -0.2) is 0 Å². The molecule has 7 heteroatoms. The predicted octanol–water partition coefficient (Wildman–Crippen LogP) is 3.95. The van der Waals surface area contributed by atoms with Gasteiger partial charge in [0.15, 0.2) is 0 Å². The van der Waals surface area contributed by atoms with Crippen molar-refractivity contribution in [2.24, 2.45) is 13.0 Å². The lowest BCUT2D eigenvalue weighted by molar-refractivity contribution is 0.121. The zero-order valence-corrected chi connectivity index (χ0v) is 17.8. The lowest BCUT2D eigenvalue weighted by Crippen LogP contribution is -2.35. The number of aromatic nitrogens is 4. The Balaban J connectivity index is 1.34. The minimum absolute atomic E-state index is 0.0793. The van der Waals surface area contributed by atoms with Gasteiger partial charge < -0.3 is 10.1 Å². The summed E-state index contributed by atoms with van der Waals surface area (Å²) in [6, 6.07) is 8.07. The minimum atomic E-state index is 0.0793. The van der Waals surface area contributed by atoms with E-state index in [9.17, 15) is 0 Å². The summed E-state index contributed by atoms with van der Waals surface area (Å²) in [7, 11) is 4.03. The van der Waals surface area contributed by atoms with E-state index in [4.69, 9.17) is 9.72 Å². The number of fused-ring (bicyclic) bond motifs is 1. The van der Waals surface area contributed by atoms with Crippen LogP contribution in [-0.2, 0) is 13.6 Å². The third kappa shape index (κ3) is 4.36. The summed E-state index contributed by atoms with van der Waals surface area (Å²) in [5.41, 5.74) is 3.86. The fourth-order valence-electron chi connectivity index (χ4n) is 4.04. The van der Waals surface area contributed by atoms with Crippen LogP contribution in [0, 0.1) is 5.92 Å². The standard InChI is InChI=1S/C24H26N6O/c1-29-14-18-8-11-23(28-24(18)31-22(16-29)17-6-4-3-5-7-17)27-20-9-10-21(25-13-20)19-12-26-30(2)15-19/h3-6,8-13,15,17,22H,7,14,16H2,1-2H3,(H,27,28). The Bertz CT molecular complexity index is 1120. The van der Waals surface area contributed by atoms with Crippen LogP contribution in [0.15, 0.2) is 67.2 Å². The number of nitrogens with one attached hydrogen (secondary N) is 1. The molecule has 2 atom stereocenters. The average Bonchev–Trinajstić information content (AvgIpc) is 3.14. The lowest BCUT2D eigenvalue weighted by atomic mass is 9.94. The van der Waals surface area contributed by atoms with Crippen LogP contribution in [0.3, 0.4) is 0 Å². The van der Waals surface area contributed by atoms with Crippen molar-refractivity contribution in [1.82, 2.24) is 24.6 Å². The predicted molar refractivity (Wildman–Crippen MR) is 121 cm³/mol. The lowest BCUT2D eigenvalue weighted by Gasteiger charge is -2.26. The van der Waals surface area contributed by atoms with Gasteiger partial charge >= 0.3 is 0 Å². The molecule has 158 valence electrons. The summed E-state index contributed by atoms with van der Waals surface area (Å²) in [6.07, 6.45) is 15.3. The zero-order valence-electron chi connectivity index (χ0n) is 17.8. The molecule has 0 saturated heterocycles. The van der Waals surface area contributed by atoms with Crippen molar-refractivity contribution in [1.29, 1.82) is 0 Å². The zero-order chi connectivity index (χ0) is 21.2. The molecule has 31 heavy (non-hydrogen) atoms. The van der Waals surface area contributed by atoms with Gasteiger partial charge in [-0.05, 0) is 37.7 Å². The van der Waals surface area contributed by atoms with E-state index < -0.39 is 0 Å². The molecule has 0 radical (unpaired) electrons. The number of hydrogen-bond acceptors (Lipinski definition) is 6. The number of aryl methyl sites for hydroxylation is 1. The van der Waals surface area contributed by atoms with E-state index >= 15 is 0 Å². The molecule has 1 aliphatic carbocycles. The second-order valence-corrected chi connectivity index (χ2v) is 8.19. The number of allylic oxidation sites excluding steroid dienone is 3. The molecule has 0 fully saturated rings. The van der Waals surface area contributed by atoms with Crippen molar-refractivity contribution in [3.05, 3.63) is 72.7 Å². The van der Waals surface area contributed by atoms with E-state index in [0.717, 1.165) is 47.8 Å². The molecule has 7 nitrogen and oxygen atoms in total. The maximum absolute atomic E-state index is 6.42. The highest BCUT2D eigenvalue weighted by Gasteiger charge is 2.28. The second kappa shape index (κ2) is 8.35. The Kier molecular flexibility index (Phi) is 5.26. The summed E-state index contributed by atoms with van der Waals surface area (Å²) < 4.78 is 8.19. The number of pyridine rings is 2. The smallest absolute Gasteiger partial charge is 0.220 e. The first kappa shape index (κ1) is 19.5. The van der Waals surface area contributed by atoms with Crippen LogP contribution in [-0.4, -0.2) is 44.3 Å². The summed E-state index contributed by atoms with van der Waals surface area (Å²) in [6.45, 7) is 1.70. The van der Waals surface area contributed by atoms with Crippen molar-refractivity contribution in [3.63, 3.8) is 0 Å². The fraction of sp³-hybridized carbons (Fsp3) is 0.292. The first-order valence-corrected chi connectivity index (χ1v) is 10.5. The molecule has 5 rings (SSSR count). The Morgan fingerprint density at radius 2 is 2.03 bits per heavy atom. The molecule has 0 saturated carbocycles. The molecule has 1 aliphatic heterocycles. The normalized spacial score (nSPS) is 20.7. The van der Waals surface area contributed by atoms with Crippen molar-refractivity contribution in [2.45, 2.75) is 19.1 Å². The molecule has 4 heterocycles. The van der Waals surface area contributed by atoms with Gasteiger partial charge in [-0.2, -0.15) is 10.1 Å². The summed E-state index contributed by atoms with van der Waals surface area (Å²) in [4.78, 5) is 11.6. The van der Waals surface area contributed by atoms with Gasteiger partial charge in [0.05, 0.1) is 23.8 Å². The molecule has 0 bridgehead atoms. The summed E-state index contributed by atoms with van der Waals surface area (Å²) in [5, 5.41) is 7.55. The van der Waals surface area contributed by atoms with Gasteiger partial charge in [-0.3, -0.25) is 14.6 Å². The van der Waals surface area contributed by atoms with Gasteiger partial charge in [0.25, 0.3) is 0 Å². The molecular formula is C24H26N6O. The molecular weight excluding hydrogens is 388 g/mol. The topological polar surface area (TPSA) is 68.1 Å². The highest BCUT2D eigenvalue weighted by Crippen LogP contribution is 2.30. The SMILES string of the molecule is CN1Cc2ccc(Nc3ccc(-c4cnn(C)c4)nc3)nc2OC(C2C=CC=CC2)C1. The van der Waals surface area contributed by atoms with Crippen molar-refractivity contribution in [2.75, 3.05) is 18.9 Å². The largest absolute Gasteiger partial charge is 0.472 e. The molecule has 0 amide bonds. The highest BCUT2D eigenvalue weighted by molar-refractivity contribution is 5.62. The number of rotatable bonds is 4. The number of hydrogen-bond donors (Lipinski definition) is 1. The number of ether oxygens (including phenoxy) is 1. The van der Waals surface area contributed by atoms with E-state index in [2.05, 4.69) is 57.7 Å². The fourth-order valence-corrected chi connectivity index (χ4v) is 4.04. The quantitative estimate of drug-likeness (QED) is 0.697. The number of anilines is 2. The highest BCUT2D eigenvalue weighted by atomic mass is 16.5. The molecule has 2 unspecified atom stereocenters. The van der Waals surface area contributed by atoms with Gasteiger partial charge in [0.2, 0.25) is 5.88 Å². The Labute approximate surface area is 182 Å². The van der Waals surface area contributed by atoms with Crippen LogP contribution >= 0.6 is 0 Å². The third-order valence-electron chi connectivity index (χ3n) is 5.66. The van der Waals surface area contributed by atoms with Crippen molar-refractivity contribution in [3.8, 4) is 17.1 Å². The van der Waals surface area contributed by atoms with E-state index in [1.807, 2.05) is 43.8 Å². The minimum Gasteiger partial charge on any atom is -0.472 e. The van der Waals surface area contributed by atoms with Crippen LogP contribution in [0.5, 0.6) is 5.88 Å². The third-order valence-corrected chi connectivity index (χ3v) is 5.66. The molecule has 1 N–H and O–H groups in total. The molecule has 3 aromatic rings. The molecule has 0 aromatic carbocycles. The maximum Gasteiger partial charge on any atom is 0.220 e. The van der Waals surface area contributed by atoms with Crippen LogP contribution in [0.2, 0.25) is 0 Å². The van der Waals surface area contributed by atoms with Crippen LogP contribution in [0.4, 0.5) is 11.5 Å². The molecule has 2 aliphatic rings. The maximum atomic E-state index is 6.42. The Hall–Kier alpha value is -3.45. The first-order chi connectivity index (χ1) is 15.1. The van der Waals surface area contributed by atoms with Crippen LogP contribution in [0.1, 0.15) is 12.0 Å². The molecule has 3 aromatic heterocycles. The van der Waals surface area contributed by atoms with Gasteiger partial charge in [-0.1, -0.05) is 24.3 Å². The molecule has 0 spiro atoms. The van der Waals surface area contributed by atoms with Gasteiger partial charge in [-0.15, -0.1) is 0 Å². The van der Waals surface area contributed by atoms with Crippen LogP contribution < -0.4 is 10.1 Å². The van der Waals surface area contributed by atoms with Gasteiger partial charge in [0.1, 0.15) is 11.9 Å². The van der Waals surface area contributed by atoms with Crippen molar-refractivity contribution >= 4 is 11.5 Å². The summed E-state index contributed by atoms with van der Waals surface area (Å²) >= 11 is 0. The monoisotopic (exact) mass is 414 g/mol. The number of likely N-dealkylation sites (N-methyl/N-ethyl adjacent to an activating group) is 1. The van der Waals surface area contributed by atoms with E-state index in [1.54, 1.807) is 4.68 Å². The van der Waals surface area contributed by atoms with Gasteiger partial charge in [0, 0.05) is 43.4 Å². The van der Waals surface area contributed by atoms with E-state index in [0.29, 0.717) is 11.8 Å². The average molecular weight is 415 g/mol. The van der Waals surface area contributed by atoms with Crippen molar-refractivity contribution < 1.29 is 4.74 Å². The van der Waals surface area contributed by atoms with E-state index in [1.165, 1.54) is 0 Å². The second-order valence-electron chi connectivity index (χ2n) is 8.19. The first-order valence-electron chi connectivity index (χ1n) is 10.5. The Morgan fingerprint density at radius 1 is 1.10 bits per heavy atom. The van der Waals surface area contributed by atoms with E-state index in [-0.39, 0.29) is 6.10 Å². The van der Waals surface area contributed by atoms with Crippen LogP contribution in [0.25, 0.3) is 11.3 Å².